The summed E-state index contributed by atoms with van der Waals surface area (Å²) in [5.74, 6) is 6.49. The second-order valence-electron chi connectivity index (χ2n) is 6.62. The van der Waals surface area contributed by atoms with Crippen LogP contribution in [0.4, 0.5) is 0 Å². The molecule has 2 aliphatic heterocycles. The molecule has 4 heteroatoms. The zero-order chi connectivity index (χ0) is 13.1. The fourth-order valence-corrected chi connectivity index (χ4v) is 4.02. The van der Waals surface area contributed by atoms with E-state index in [9.17, 15) is 0 Å². The van der Waals surface area contributed by atoms with Gasteiger partial charge in [0.1, 0.15) is 0 Å². The zero-order valence-electron chi connectivity index (χ0n) is 11.9. The van der Waals surface area contributed by atoms with E-state index >= 15 is 0 Å². The first-order chi connectivity index (χ1) is 9.31. The van der Waals surface area contributed by atoms with Crippen LogP contribution in [0, 0.1) is 5.92 Å². The van der Waals surface area contributed by atoms with Gasteiger partial charge in [-0.1, -0.05) is 0 Å². The molecule has 0 amide bonds. The van der Waals surface area contributed by atoms with Gasteiger partial charge in [0.2, 0.25) is 0 Å². The van der Waals surface area contributed by atoms with Crippen molar-refractivity contribution in [1.82, 2.24) is 5.43 Å². The van der Waals surface area contributed by atoms with Crippen LogP contribution >= 0.6 is 0 Å². The molecule has 0 aromatic carbocycles. The molecular formula is C15H28N2O2. The van der Waals surface area contributed by atoms with Crippen molar-refractivity contribution in [2.45, 2.75) is 75.5 Å². The Kier molecular flexibility index (Phi) is 4.42. The monoisotopic (exact) mass is 268 g/mol. The molecule has 0 radical (unpaired) electrons. The average molecular weight is 268 g/mol. The summed E-state index contributed by atoms with van der Waals surface area (Å²) in [5.41, 5.74) is 3.29. The Morgan fingerprint density at radius 1 is 1.21 bits per heavy atom. The number of hydrazine groups is 1. The molecule has 3 unspecified atom stereocenters. The largest absolute Gasteiger partial charge is 0.378 e. The smallest absolute Gasteiger partial charge is 0.0685 e. The minimum atomic E-state index is 0.224. The van der Waals surface area contributed by atoms with Crippen molar-refractivity contribution in [3.8, 4) is 0 Å². The Hall–Kier alpha value is -0.160. The second-order valence-corrected chi connectivity index (χ2v) is 6.62. The first-order valence-corrected chi connectivity index (χ1v) is 8.03. The van der Waals surface area contributed by atoms with E-state index in [1.807, 2.05) is 0 Å². The molecular weight excluding hydrogens is 240 g/mol. The van der Waals surface area contributed by atoms with Gasteiger partial charge in [-0.25, -0.2) is 0 Å². The molecule has 4 nitrogen and oxygen atoms in total. The predicted octanol–water partition coefficient (Wildman–Crippen LogP) is 2.13. The molecule has 2 heterocycles. The van der Waals surface area contributed by atoms with Crippen LogP contribution in [0.2, 0.25) is 0 Å². The average Bonchev–Trinajstić information content (AvgIpc) is 2.91. The molecule has 0 aromatic rings. The summed E-state index contributed by atoms with van der Waals surface area (Å²) in [5, 5.41) is 0. The van der Waals surface area contributed by atoms with Crippen LogP contribution in [-0.2, 0) is 9.47 Å². The highest BCUT2D eigenvalue weighted by atomic mass is 16.5. The lowest BCUT2D eigenvalue weighted by molar-refractivity contribution is -0.147. The van der Waals surface area contributed by atoms with Gasteiger partial charge in [-0.05, 0) is 63.7 Å². The van der Waals surface area contributed by atoms with Gasteiger partial charge in [0, 0.05) is 19.3 Å². The summed E-state index contributed by atoms with van der Waals surface area (Å²) in [4.78, 5) is 0. The third-order valence-electron chi connectivity index (χ3n) is 5.40. The SMILES string of the molecule is NNC(CCC1CCCO1)C1CCOC2(CCC2)C1. The number of ether oxygens (including phenoxy) is 2. The van der Waals surface area contributed by atoms with Crippen molar-refractivity contribution >= 4 is 0 Å². The molecule has 1 spiro atoms. The van der Waals surface area contributed by atoms with Crippen molar-refractivity contribution in [3.63, 3.8) is 0 Å². The van der Waals surface area contributed by atoms with Crippen LogP contribution in [0.1, 0.15) is 57.8 Å². The zero-order valence-corrected chi connectivity index (χ0v) is 11.9. The molecule has 3 atom stereocenters. The van der Waals surface area contributed by atoms with E-state index in [1.165, 1.54) is 38.5 Å². The lowest BCUT2D eigenvalue weighted by Crippen LogP contribution is -2.51. The van der Waals surface area contributed by atoms with E-state index in [-0.39, 0.29) is 5.60 Å². The summed E-state index contributed by atoms with van der Waals surface area (Å²) >= 11 is 0. The topological polar surface area (TPSA) is 56.5 Å². The van der Waals surface area contributed by atoms with E-state index in [0.717, 1.165) is 32.5 Å². The van der Waals surface area contributed by atoms with Crippen LogP contribution in [0.25, 0.3) is 0 Å². The highest BCUT2D eigenvalue weighted by Crippen LogP contribution is 2.45. The minimum Gasteiger partial charge on any atom is -0.378 e. The van der Waals surface area contributed by atoms with E-state index in [1.54, 1.807) is 0 Å². The molecule has 0 aromatic heterocycles. The van der Waals surface area contributed by atoms with Crippen molar-refractivity contribution in [2.75, 3.05) is 13.2 Å². The van der Waals surface area contributed by atoms with Gasteiger partial charge < -0.3 is 9.47 Å². The summed E-state index contributed by atoms with van der Waals surface area (Å²) in [6.45, 7) is 1.87. The lowest BCUT2D eigenvalue weighted by atomic mass is 9.70. The van der Waals surface area contributed by atoms with Crippen LogP contribution in [0.3, 0.4) is 0 Å². The Labute approximate surface area is 116 Å². The Morgan fingerprint density at radius 2 is 2.11 bits per heavy atom. The quantitative estimate of drug-likeness (QED) is 0.592. The third-order valence-corrected chi connectivity index (χ3v) is 5.40. The molecule has 110 valence electrons. The van der Waals surface area contributed by atoms with E-state index in [2.05, 4.69) is 5.43 Å². The lowest BCUT2D eigenvalue weighted by Gasteiger charge is -2.48. The van der Waals surface area contributed by atoms with Gasteiger partial charge in [-0.3, -0.25) is 11.3 Å². The van der Waals surface area contributed by atoms with Gasteiger partial charge >= 0.3 is 0 Å². The van der Waals surface area contributed by atoms with Crippen molar-refractivity contribution in [3.05, 3.63) is 0 Å². The number of hydrogen-bond donors (Lipinski definition) is 2. The predicted molar refractivity (Wildman–Crippen MR) is 74.6 cm³/mol. The van der Waals surface area contributed by atoms with Gasteiger partial charge in [0.25, 0.3) is 0 Å². The maximum atomic E-state index is 6.01. The van der Waals surface area contributed by atoms with Crippen LogP contribution < -0.4 is 11.3 Å². The van der Waals surface area contributed by atoms with Crippen LogP contribution in [0.5, 0.6) is 0 Å². The van der Waals surface area contributed by atoms with Crippen molar-refractivity contribution < 1.29 is 9.47 Å². The van der Waals surface area contributed by atoms with Gasteiger partial charge in [-0.2, -0.15) is 0 Å². The molecule has 3 fully saturated rings. The molecule has 19 heavy (non-hydrogen) atoms. The maximum absolute atomic E-state index is 6.01. The second kappa shape index (κ2) is 6.08. The summed E-state index contributed by atoms with van der Waals surface area (Å²) < 4.78 is 11.7. The van der Waals surface area contributed by atoms with Gasteiger partial charge in [-0.15, -0.1) is 0 Å². The Bertz CT molecular complexity index is 288. The summed E-state index contributed by atoms with van der Waals surface area (Å²) in [7, 11) is 0. The molecule has 1 saturated carbocycles. The Morgan fingerprint density at radius 3 is 2.74 bits per heavy atom. The van der Waals surface area contributed by atoms with E-state index < -0.39 is 0 Å². The van der Waals surface area contributed by atoms with Gasteiger partial charge in [0.05, 0.1) is 11.7 Å². The molecule has 2 saturated heterocycles. The first kappa shape index (κ1) is 13.8. The molecule has 3 N–H and O–H groups in total. The number of nitrogens with one attached hydrogen (secondary N) is 1. The molecule has 3 aliphatic rings. The van der Waals surface area contributed by atoms with Crippen molar-refractivity contribution in [1.29, 1.82) is 0 Å². The van der Waals surface area contributed by atoms with Crippen LogP contribution in [-0.4, -0.2) is 31.0 Å². The third kappa shape index (κ3) is 3.13. The molecule has 1 aliphatic carbocycles. The molecule has 0 bridgehead atoms. The van der Waals surface area contributed by atoms with Crippen molar-refractivity contribution in [2.24, 2.45) is 11.8 Å². The number of nitrogens with two attached hydrogens (primary N) is 1. The first-order valence-electron chi connectivity index (χ1n) is 8.03. The maximum Gasteiger partial charge on any atom is 0.0685 e. The fourth-order valence-electron chi connectivity index (χ4n) is 4.02. The number of hydrogen-bond acceptors (Lipinski definition) is 4. The normalized spacial score (nSPS) is 35.2. The van der Waals surface area contributed by atoms with E-state index in [4.69, 9.17) is 15.3 Å². The highest BCUT2D eigenvalue weighted by molar-refractivity contribution is 4.96. The van der Waals surface area contributed by atoms with Gasteiger partial charge in [0.15, 0.2) is 0 Å². The minimum absolute atomic E-state index is 0.224. The van der Waals surface area contributed by atoms with E-state index in [0.29, 0.717) is 18.1 Å². The Balaban J connectivity index is 1.49. The van der Waals surface area contributed by atoms with Crippen LogP contribution in [0.15, 0.2) is 0 Å². The number of rotatable bonds is 5. The molecule has 3 rings (SSSR count). The fraction of sp³-hybridized carbons (Fsp3) is 1.00. The standard InChI is InChI=1S/C15H28N2O2/c16-17-14(5-4-13-3-1-9-18-13)12-6-10-19-15(11-12)7-2-8-15/h12-14,17H,1-11,16H2. The summed E-state index contributed by atoms with van der Waals surface area (Å²) in [6, 6.07) is 0.436. The highest BCUT2D eigenvalue weighted by Gasteiger charge is 2.44. The summed E-state index contributed by atoms with van der Waals surface area (Å²) in [6.07, 6.45) is 11.4.